The molecule has 0 aliphatic heterocycles. The summed E-state index contributed by atoms with van der Waals surface area (Å²) >= 11 is 3.30. The van der Waals surface area contributed by atoms with E-state index in [-0.39, 0.29) is 5.57 Å². The number of halogens is 1. The van der Waals surface area contributed by atoms with Crippen LogP contribution in [0.15, 0.2) is 58.6 Å². The standard InChI is InChI=1S/C18H13BrN2O4/c19-14-4-6-15(7-5-14)21-18(24)13(10-20)8-12-2-1-3-16(9-12)25-11-17(22)23/h1-9H,11H2,(H,21,24)(H,22,23)/b13-8+. The lowest BCUT2D eigenvalue weighted by Gasteiger charge is -2.06. The molecule has 0 saturated heterocycles. The Labute approximate surface area is 152 Å². The maximum Gasteiger partial charge on any atom is 0.341 e. The summed E-state index contributed by atoms with van der Waals surface area (Å²) < 4.78 is 5.95. The fraction of sp³-hybridized carbons (Fsp3) is 0.0556. The molecule has 0 fully saturated rings. The van der Waals surface area contributed by atoms with Crippen LogP contribution in [-0.4, -0.2) is 23.6 Å². The third kappa shape index (κ3) is 5.79. The van der Waals surface area contributed by atoms with Gasteiger partial charge in [0.05, 0.1) is 0 Å². The summed E-state index contributed by atoms with van der Waals surface area (Å²) in [6.07, 6.45) is 1.40. The van der Waals surface area contributed by atoms with Crippen molar-refractivity contribution in [2.45, 2.75) is 0 Å². The summed E-state index contributed by atoms with van der Waals surface area (Å²) in [5.41, 5.74) is 1.02. The highest BCUT2D eigenvalue weighted by Crippen LogP contribution is 2.18. The number of nitrogens with one attached hydrogen (secondary N) is 1. The largest absolute Gasteiger partial charge is 0.482 e. The molecule has 25 heavy (non-hydrogen) atoms. The van der Waals surface area contributed by atoms with Crippen molar-refractivity contribution in [3.05, 3.63) is 64.1 Å². The van der Waals surface area contributed by atoms with Crippen molar-refractivity contribution in [2.75, 3.05) is 11.9 Å². The number of anilines is 1. The molecule has 0 spiro atoms. The Hall–Kier alpha value is -3.11. The highest BCUT2D eigenvalue weighted by Gasteiger charge is 2.10. The van der Waals surface area contributed by atoms with Gasteiger partial charge in [0, 0.05) is 10.2 Å². The SMILES string of the molecule is N#C/C(=C\c1cccc(OCC(=O)O)c1)C(=O)Nc1ccc(Br)cc1. The lowest BCUT2D eigenvalue weighted by molar-refractivity contribution is -0.139. The molecule has 7 heteroatoms. The van der Waals surface area contributed by atoms with Crippen molar-refractivity contribution in [3.8, 4) is 11.8 Å². The normalized spacial score (nSPS) is 10.6. The second kappa shape index (κ2) is 8.66. The number of rotatable bonds is 6. The van der Waals surface area contributed by atoms with Crippen LogP contribution in [0.25, 0.3) is 6.08 Å². The molecule has 2 aromatic carbocycles. The van der Waals surface area contributed by atoms with Gasteiger partial charge in [-0.2, -0.15) is 5.26 Å². The average molecular weight is 401 g/mol. The lowest BCUT2D eigenvalue weighted by atomic mass is 10.1. The minimum absolute atomic E-state index is 0.0849. The van der Waals surface area contributed by atoms with Crippen LogP contribution in [0.5, 0.6) is 5.75 Å². The van der Waals surface area contributed by atoms with Crippen LogP contribution in [0.1, 0.15) is 5.56 Å². The van der Waals surface area contributed by atoms with E-state index in [1.165, 1.54) is 6.08 Å². The molecule has 0 aromatic heterocycles. The number of carboxylic acid groups (broad SMARTS) is 1. The van der Waals surface area contributed by atoms with E-state index in [1.807, 2.05) is 6.07 Å². The number of carbonyl (C=O) groups is 2. The number of amides is 1. The molecule has 2 rings (SSSR count). The molecule has 0 radical (unpaired) electrons. The van der Waals surface area contributed by atoms with Gasteiger partial charge in [0.1, 0.15) is 17.4 Å². The van der Waals surface area contributed by atoms with Crippen molar-refractivity contribution < 1.29 is 19.4 Å². The summed E-state index contributed by atoms with van der Waals surface area (Å²) in [5.74, 6) is -1.30. The monoisotopic (exact) mass is 400 g/mol. The first-order valence-corrected chi connectivity index (χ1v) is 7.90. The van der Waals surface area contributed by atoms with Crippen molar-refractivity contribution in [1.82, 2.24) is 0 Å². The van der Waals surface area contributed by atoms with E-state index >= 15 is 0 Å². The van der Waals surface area contributed by atoms with Crippen LogP contribution >= 0.6 is 15.9 Å². The molecule has 2 N–H and O–H groups in total. The number of nitrogens with zero attached hydrogens (tertiary/aromatic N) is 1. The van der Waals surface area contributed by atoms with E-state index in [0.717, 1.165) is 4.47 Å². The first-order valence-electron chi connectivity index (χ1n) is 7.11. The second-order valence-corrected chi connectivity index (χ2v) is 5.80. The van der Waals surface area contributed by atoms with Crippen molar-refractivity contribution >= 4 is 39.6 Å². The van der Waals surface area contributed by atoms with Gasteiger partial charge in [-0.3, -0.25) is 4.79 Å². The molecular formula is C18H13BrN2O4. The van der Waals surface area contributed by atoms with E-state index in [1.54, 1.807) is 48.5 Å². The zero-order valence-corrected chi connectivity index (χ0v) is 14.5. The van der Waals surface area contributed by atoms with Gasteiger partial charge in [-0.25, -0.2) is 4.79 Å². The molecule has 0 atom stereocenters. The molecule has 126 valence electrons. The van der Waals surface area contributed by atoms with Crippen LogP contribution in [0.3, 0.4) is 0 Å². The predicted molar refractivity (Wildman–Crippen MR) is 95.9 cm³/mol. The van der Waals surface area contributed by atoms with Gasteiger partial charge in [0.2, 0.25) is 0 Å². The van der Waals surface area contributed by atoms with Gasteiger partial charge >= 0.3 is 5.97 Å². The number of nitriles is 1. The summed E-state index contributed by atoms with van der Waals surface area (Å²) in [4.78, 5) is 22.7. The zero-order valence-electron chi connectivity index (χ0n) is 12.9. The maximum atomic E-state index is 12.2. The lowest BCUT2D eigenvalue weighted by Crippen LogP contribution is -2.13. The molecule has 0 aliphatic rings. The van der Waals surface area contributed by atoms with Crippen LogP contribution in [0, 0.1) is 11.3 Å². The highest BCUT2D eigenvalue weighted by molar-refractivity contribution is 9.10. The Balaban J connectivity index is 2.14. The molecule has 0 unspecified atom stereocenters. The maximum absolute atomic E-state index is 12.2. The Bertz CT molecular complexity index is 854. The van der Waals surface area contributed by atoms with Crippen LogP contribution in [0.2, 0.25) is 0 Å². The average Bonchev–Trinajstić information content (AvgIpc) is 2.60. The molecular weight excluding hydrogens is 388 g/mol. The third-order valence-corrected chi connectivity index (χ3v) is 3.53. The molecule has 0 aliphatic carbocycles. The Morgan fingerprint density at radius 1 is 1.24 bits per heavy atom. The van der Waals surface area contributed by atoms with Crippen molar-refractivity contribution in [1.29, 1.82) is 5.26 Å². The number of aliphatic carboxylic acids is 1. The Morgan fingerprint density at radius 3 is 2.60 bits per heavy atom. The molecule has 0 saturated carbocycles. The fourth-order valence-corrected chi connectivity index (χ4v) is 2.15. The summed E-state index contributed by atoms with van der Waals surface area (Å²) in [6, 6.07) is 15.3. The van der Waals surface area contributed by atoms with Crippen LogP contribution in [0.4, 0.5) is 5.69 Å². The first kappa shape index (κ1) is 18.2. The van der Waals surface area contributed by atoms with Gasteiger partial charge in [0.15, 0.2) is 6.61 Å². The molecule has 0 heterocycles. The quantitative estimate of drug-likeness (QED) is 0.571. The predicted octanol–water partition coefficient (Wildman–Crippen LogP) is 3.46. The number of hydrogen-bond acceptors (Lipinski definition) is 4. The smallest absolute Gasteiger partial charge is 0.341 e. The minimum Gasteiger partial charge on any atom is -0.482 e. The minimum atomic E-state index is -1.09. The highest BCUT2D eigenvalue weighted by atomic mass is 79.9. The van der Waals surface area contributed by atoms with Crippen LogP contribution < -0.4 is 10.1 Å². The van der Waals surface area contributed by atoms with Gasteiger partial charge in [0.25, 0.3) is 5.91 Å². The topological polar surface area (TPSA) is 99.4 Å². The van der Waals surface area contributed by atoms with Gasteiger partial charge in [-0.15, -0.1) is 0 Å². The van der Waals surface area contributed by atoms with Gasteiger partial charge in [-0.05, 0) is 48.0 Å². The molecule has 0 bridgehead atoms. The van der Waals surface area contributed by atoms with E-state index in [0.29, 0.717) is 17.0 Å². The van der Waals surface area contributed by atoms with Gasteiger partial charge < -0.3 is 15.2 Å². The number of hydrogen-bond donors (Lipinski definition) is 2. The summed E-state index contributed by atoms with van der Waals surface area (Å²) in [6.45, 7) is -0.470. The van der Waals surface area contributed by atoms with Crippen molar-refractivity contribution in [3.63, 3.8) is 0 Å². The van der Waals surface area contributed by atoms with E-state index < -0.39 is 18.5 Å². The molecule has 6 nitrogen and oxygen atoms in total. The van der Waals surface area contributed by atoms with E-state index in [4.69, 9.17) is 9.84 Å². The first-order chi connectivity index (χ1) is 12.0. The molecule has 1 amide bonds. The van der Waals surface area contributed by atoms with Crippen LogP contribution in [-0.2, 0) is 9.59 Å². The van der Waals surface area contributed by atoms with E-state index in [2.05, 4.69) is 21.2 Å². The van der Waals surface area contributed by atoms with Gasteiger partial charge in [-0.1, -0.05) is 28.1 Å². The number of benzene rings is 2. The summed E-state index contributed by atoms with van der Waals surface area (Å²) in [7, 11) is 0. The van der Waals surface area contributed by atoms with E-state index in [9.17, 15) is 14.9 Å². The number of carbonyl (C=O) groups excluding carboxylic acids is 1. The third-order valence-electron chi connectivity index (χ3n) is 3.00. The number of carboxylic acids is 1. The zero-order chi connectivity index (χ0) is 18.2. The second-order valence-electron chi connectivity index (χ2n) is 4.89. The Kier molecular flexibility index (Phi) is 6.32. The Morgan fingerprint density at radius 2 is 1.96 bits per heavy atom. The fourth-order valence-electron chi connectivity index (χ4n) is 1.89. The molecule has 2 aromatic rings. The summed E-state index contributed by atoms with van der Waals surface area (Å²) in [5, 5.41) is 20.5. The number of ether oxygens (including phenoxy) is 1. The van der Waals surface area contributed by atoms with Crippen molar-refractivity contribution in [2.24, 2.45) is 0 Å².